The molecule has 1 heteroatoms. The van der Waals surface area contributed by atoms with E-state index in [1.165, 1.54) is 58.2 Å². The molecule has 1 aliphatic carbocycles. The van der Waals surface area contributed by atoms with Gasteiger partial charge in [-0.1, -0.05) is 65.0 Å². The van der Waals surface area contributed by atoms with Gasteiger partial charge in [0.2, 0.25) is 0 Å². The van der Waals surface area contributed by atoms with E-state index in [0.29, 0.717) is 10.8 Å². The normalized spacial score (nSPS) is 26.2. The highest BCUT2D eigenvalue weighted by Crippen LogP contribution is 2.48. The van der Waals surface area contributed by atoms with E-state index in [9.17, 15) is 0 Å². The van der Waals surface area contributed by atoms with Gasteiger partial charge in [0.25, 0.3) is 0 Å². The summed E-state index contributed by atoms with van der Waals surface area (Å²) in [4.78, 5) is 2.68. The molecule has 0 aromatic heterocycles. The van der Waals surface area contributed by atoms with E-state index in [4.69, 9.17) is 0 Å². The zero-order valence-corrected chi connectivity index (χ0v) is 17.8. The quantitative estimate of drug-likeness (QED) is 0.569. The molecule has 0 spiro atoms. The second-order valence-corrected chi connectivity index (χ2v) is 10.2. The maximum Gasteiger partial charge on any atom is -0.00129 e. The van der Waals surface area contributed by atoms with Crippen molar-refractivity contribution in [3.8, 4) is 0 Å². The van der Waals surface area contributed by atoms with Gasteiger partial charge in [-0.2, -0.15) is 0 Å². The lowest BCUT2D eigenvalue weighted by molar-refractivity contribution is 0.228. The lowest BCUT2D eigenvalue weighted by Gasteiger charge is -2.40. The van der Waals surface area contributed by atoms with Crippen LogP contribution in [0.1, 0.15) is 90.2 Å². The average Bonchev–Trinajstić information content (AvgIpc) is 2.78. The lowest BCUT2D eigenvalue weighted by Crippen LogP contribution is -2.27. The average molecular weight is 354 g/mol. The van der Waals surface area contributed by atoms with Crippen LogP contribution in [-0.4, -0.2) is 24.5 Å². The zero-order chi connectivity index (χ0) is 18.8. The van der Waals surface area contributed by atoms with Crippen LogP contribution in [-0.2, 0) is 0 Å². The SMILES string of the molecule is CCCN1CCCC(c2ccccc2C2=CC(C)(C)CC(C)(C)C2)CC1. The van der Waals surface area contributed by atoms with E-state index < -0.39 is 0 Å². The molecule has 0 saturated carbocycles. The summed E-state index contributed by atoms with van der Waals surface area (Å²) in [6.07, 6.45) is 10.3. The van der Waals surface area contributed by atoms with Crippen LogP contribution in [0.2, 0.25) is 0 Å². The number of likely N-dealkylation sites (tertiary alicyclic amines) is 1. The first-order valence-corrected chi connectivity index (χ1v) is 10.8. The summed E-state index contributed by atoms with van der Waals surface area (Å²) >= 11 is 0. The van der Waals surface area contributed by atoms with Crippen LogP contribution in [0.25, 0.3) is 5.57 Å². The molecule has 1 aromatic carbocycles. The summed E-state index contributed by atoms with van der Waals surface area (Å²) in [7, 11) is 0. The maximum absolute atomic E-state index is 2.68. The fraction of sp³-hybridized carbons (Fsp3) is 0.680. The van der Waals surface area contributed by atoms with Crippen molar-refractivity contribution in [2.24, 2.45) is 10.8 Å². The summed E-state index contributed by atoms with van der Waals surface area (Å²) < 4.78 is 0. The molecule has 144 valence electrons. The molecular weight excluding hydrogens is 314 g/mol. The van der Waals surface area contributed by atoms with E-state index in [1.54, 1.807) is 16.7 Å². The molecule has 0 radical (unpaired) electrons. The summed E-state index contributed by atoms with van der Waals surface area (Å²) in [5, 5.41) is 0. The van der Waals surface area contributed by atoms with E-state index in [2.05, 4.69) is 69.9 Å². The first-order chi connectivity index (χ1) is 12.3. The first kappa shape index (κ1) is 19.7. The Morgan fingerprint density at radius 2 is 1.81 bits per heavy atom. The monoisotopic (exact) mass is 353 g/mol. The minimum atomic E-state index is 0.297. The number of hydrogen-bond acceptors (Lipinski definition) is 1. The van der Waals surface area contributed by atoms with E-state index in [1.807, 2.05) is 0 Å². The molecule has 1 unspecified atom stereocenters. The van der Waals surface area contributed by atoms with E-state index in [0.717, 1.165) is 5.92 Å². The highest BCUT2D eigenvalue weighted by atomic mass is 15.1. The van der Waals surface area contributed by atoms with Gasteiger partial charge in [-0.3, -0.25) is 0 Å². The van der Waals surface area contributed by atoms with Crippen molar-refractivity contribution < 1.29 is 0 Å². The van der Waals surface area contributed by atoms with Crippen molar-refractivity contribution in [1.82, 2.24) is 4.90 Å². The number of rotatable bonds is 4. The predicted octanol–water partition coefficient (Wildman–Crippen LogP) is 6.90. The molecule has 3 rings (SSSR count). The second-order valence-electron chi connectivity index (χ2n) is 10.2. The van der Waals surface area contributed by atoms with Crippen molar-refractivity contribution in [2.75, 3.05) is 19.6 Å². The van der Waals surface area contributed by atoms with Crippen LogP contribution >= 0.6 is 0 Å². The van der Waals surface area contributed by atoms with Crippen molar-refractivity contribution in [3.05, 3.63) is 41.5 Å². The molecule has 1 atom stereocenters. The molecule has 0 bridgehead atoms. The minimum Gasteiger partial charge on any atom is -0.303 e. The van der Waals surface area contributed by atoms with Gasteiger partial charge in [-0.05, 0) is 91.6 Å². The summed E-state index contributed by atoms with van der Waals surface area (Å²) in [6.45, 7) is 15.8. The van der Waals surface area contributed by atoms with E-state index in [-0.39, 0.29) is 0 Å². The van der Waals surface area contributed by atoms with Crippen LogP contribution in [0.3, 0.4) is 0 Å². The van der Waals surface area contributed by atoms with Crippen molar-refractivity contribution in [2.45, 2.75) is 79.1 Å². The third kappa shape index (κ3) is 4.80. The molecule has 1 aromatic rings. The summed E-state index contributed by atoms with van der Waals surface area (Å²) in [5.41, 5.74) is 5.44. The molecule has 0 N–H and O–H groups in total. The fourth-order valence-electron chi connectivity index (χ4n) is 5.71. The summed E-state index contributed by atoms with van der Waals surface area (Å²) in [5.74, 6) is 0.724. The molecule has 1 heterocycles. The fourth-order valence-corrected chi connectivity index (χ4v) is 5.71. The van der Waals surface area contributed by atoms with Crippen LogP contribution in [0.4, 0.5) is 0 Å². The van der Waals surface area contributed by atoms with Gasteiger partial charge in [0, 0.05) is 0 Å². The van der Waals surface area contributed by atoms with Crippen molar-refractivity contribution in [3.63, 3.8) is 0 Å². The van der Waals surface area contributed by atoms with Gasteiger partial charge in [0.1, 0.15) is 0 Å². The third-order valence-corrected chi connectivity index (χ3v) is 6.28. The molecular formula is C25H39N. The Labute approximate surface area is 161 Å². The Kier molecular flexibility index (Phi) is 5.97. The second kappa shape index (κ2) is 7.89. The number of hydrogen-bond donors (Lipinski definition) is 0. The maximum atomic E-state index is 2.68. The molecule has 26 heavy (non-hydrogen) atoms. The Morgan fingerprint density at radius 3 is 2.54 bits per heavy atom. The number of benzene rings is 1. The highest BCUT2D eigenvalue weighted by Gasteiger charge is 2.34. The van der Waals surface area contributed by atoms with Gasteiger partial charge >= 0.3 is 0 Å². The Morgan fingerprint density at radius 1 is 1.04 bits per heavy atom. The minimum absolute atomic E-state index is 0.297. The number of allylic oxidation sites excluding steroid dienone is 2. The Balaban J connectivity index is 1.88. The van der Waals surface area contributed by atoms with Crippen LogP contribution < -0.4 is 0 Å². The molecule has 0 amide bonds. The third-order valence-electron chi connectivity index (χ3n) is 6.28. The lowest BCUT2D eigenvalue weighted by atomic mass is 9.65. The topological polar surface area (TPSA) is 3.24 Å². The van der Waals surface area contributed by atoms with Crippen molar-refractivity contribution in [1.29, 1.82) is 0 Å². The molecule has 1 fully saturated rings. The Bertz CT molecular complexity index is 637. The molecule has 1 saturated heterocycles. The van der Waals surface area contributed by atoms with Gasteiger partial charge in [0.15, 0.2) is 0 Å². The van der Waals surface area contributed by atoms with Crippen LogP contribution in [0.15, 0.2) is 30.3 Å². The van der Waals surface area contributed by atoms with E-state index >= 15 is 0 Å². The first-order valence-electron chi connectivity index (χ1n) is 10.8. The zero-order valence-electron chi connectivity index (χ0n) is 17.8. The van der Waals surface area contributed by atoms with Gasteiger partial charge in [-0.15, -0.1) is 0 Å². The van der Waals surface area contributed by atoms with Crippen LogP contribution in [0, 0.1) is 10.8 Å². The molecule has 1 nitrogen and oxygen atoms in total. The number of nitrogens with zero attached hydrogens (tertiary/aromatic N) is 1. The smallest absolute Gasteiger partial charge is 0.00129 e. The highest BCUT2D eigenvalue weighted by molar-refractivity contribution is 5.71. The standard InChI is InChI=1S/C25H39N/c1-6-14-26-15-9-10-20(13-16-26)22-11-7-8-12-23(22)21-17-24(2,3)19-25(4,5)18-21/h7-8,11-12,17,20H,6,9-10,13-16,18-19H2,1-5H3. The van der Waals surface area contributed by atoms with Gasteiger partial charge in [-0.25, -0.2) is 0 Å². The van der Waals surface area contributed by atoms with Gasteiger partial charge < -0.3 is 4.90 Å². The van der Waals surface area contributed by atoms with Crippen molar-refractivity contribution >= 4 is 5.57 Å². The summed E-state index contributed by atoms with van der Waals surface area (Å²) in [6, 6.07) is 9.32. The largest absolute Gasteiger partial charge is 0.303 e. The van der Waals surface area contributed by atoms with Gasteiger partial charge in [0.05, 0.1) is 0 Å². The molecule has 1 aliphatic heterocycles. The Hall–Kier alpha value is -1.08. The predicted molar refractivity (Wildman–Crippen MR) is 115 cm³/mol. The molecule has 2 aliphatic rings. The van der Waals surface area contributed by atoms with Crippen LogP contribution in [0.5, 0.6) is 0 Å².